The first-order chi connectivity index (χ1) is 8.99. The van der Waals surface area contributed by atoms with Crippen LogP contribution in [-0.4, -0.2) is 62.6 Å². The number of carbonyl (C=O) groups is 3. The number of aliphatic hydroxyl groups excluding tert-OH is 1. The maximum absolute atomic E-state index is 11.8. The molecule has 114 valence electrons. The molecule has 20 heavy (non-hydrogen) atoms. The Labute approximate surface area is 115 Å². The van der Waals surface area contributed by atoms with E-state index >= 15 is 0 Å². The fourth-order valence-corrected chi connectivity index (χ4v) is 2.39. The van der Waals surface area contributed by atoms with Gasteiger partial charge in [0.05, 0.1) is 6.10 Å². The molecule has 3 N–H and O–H groups in total. The molecule has 8 heteroatoms. The molecule has 5 atom stereocenters. The SMILES string of the molecule is CC(=O)O[C@H]1[C@H](C)O[C@@H](O)[C@@](O)(C(C)=O)[C@@]1(O)C(C)=O. The van der Waals surface area contributed by atoms with Crippen molar-refractivity contribution in [3.05, 3.63) is 0 Å². The molecule has 1 rings (SSSR count). The summed E-state index contributed by atoms with van der Waals surface area (Å²) < 4.78 is 9.73. The summed E-state index contributed by atoms with van der Waals surface area (Å²) >= 11 is 0. The van der Waals surface area contributed by atoms with Gasteiger partial charge in [0, 0.05) is 6.92 Å². The smallest absolute Gasteiger partial charge is 0.303 e. The third-order valence-corrected chi connectivity index (χ3v) is 3.49. The van der Waals surface area contributed by atoms with E-state index in [1.807, 2.05) is 0 Å². The minimum absolute atomic E-state index is 0.840. The predicted molar refractivity (Wildman–Crippen MR) is 63.4 cm³/mol. The Morgan fingerprint density at radius 1 is 1.05 bits per heavy atom. The third-order valence-electron chi connectivity index (χ3n) is 3.49. The van der Waals surface area contributed by atoms with Crippen LogP contribution in [0.1, 0.15) is 27.7 Å². The Hall–Kier alpha value is -1.35. The van der Waals surface area contributed by atoms with Crippen LogP contribution in [0.2, 0.25) is 0 Å². The van der Waals surface area contributed by atoms with Crippen molar-refractivity contribution in [1.29, 1.82) is 0 Å². The molecular weight excluding hydrogens is 272 g/mol. The monoisotopic (exact) mass is 290 g/mol. The zero-order valence-electron chi connectivity index (χ0n) is 11.6. The van der Waals surface area contributed by atoms with Crippen molar-refractivity contribution in [2.45, 2.75) is 57.4 Å². The van der Waals surface area contributed by atoms with Gasteiger partial charge in [0.15, 0.2) is 24.0 Å². The fourth-order valence-electron chi connectivity index (χ4n) is 2.39. The average Bonchev–Trinajstić information content (AvgIpc) is 2.31. The highest BCUT2D eigenvalue weighted by atomic mass is 16.7. The quantitative estimate of drug-likeness (QED) is 0.524. The van der Waals surface area contributed by atoms with Crippen LogP contribution in [0.3, 0.4) is 0 Å². The molecule has 0 aliphatic carbocycles. The molecule has 0 unspecified atom stereocenters. The third kappa shape index (κ3) is 2.14. The van der Waals surface area contributed by atoms with E-state index in [1.165, 1.54) is 6.92 Å². The number of hydrogen-bond acceptors (Lipinski definition) is 8. The van der Waals surface area contributed by atoms with Crippen LogP contribution >= 0.6 is 0 Å². The van der Waals surface area contributed by atoms with Gasteiger partial charge < -0.3 is 24.8 Å². The molecule has 0 bridgehead atoms. The number of ketones is 2. The molecule has 0 aromatic carbocycles. The van der Waals surface area contributed by atoms with E-state index in [0.717, 1.165) is 20.8 Å². The van der Waals surface area contributed by atoms with Gasteiger partial charge >= 0.3 is 5.97 Å². The minimum Gasteiger partial charge on any atom is -0.456 e. The lowest BCUT2D eigenvalue weighted by molar-refractivity contribution is -0.334. The van der Waals surface area contributed by atoms with Gasteiger partial charge in [-0.3, -0.25) is 14.4 Å². The van der Waals surface area contributed by atoms with Crippen molar-refractivity contribution in [3.63, 3.8) is 0 Å². The molecule has 1 aliphatic rings. The van der Waals surface area contributed by atoms with E-state index in [9.17, 15) is 29.7 Å². The normalized spacial score (nSPS) is 41.0. The summed E-state index contributed by atoms with van der Waals surface area (Å²) in [4.78, 5) is 34.6. The zero-order chi connectivity index (χ0) is 15.9. The Morgan fingerprint density at radius 3 is 1.85 bits per heavy atom. The standard InChI is InChI=1S/C12H18O8/c1-5-9(20-8(4)15)11(17,6(2)13)12(18,7(3)14)10(16)19-5/h5,9-10,16-18H,1-4H3/t5-,9-,10+,11+,12-/m0/s1. The van der Waals surface area contributed by atoms with Gasteiger partial charge in [-0.05, 0) is 20.8 Å². The lowest BCUT2D eigenvalue weighted by Crippen LogP contribution is -2.79. The van der Waals surface area contributed by atoms with Crippen LogP contribution in [0.25, 0.3) is 0 Å². The Morgan fingerprint density at radius 2 is 1.50 bits per heavy atom. The molecule has 0 saturated carbocycles. The van der Waals surface area contributed by atoms with Gasteiger partial charge in [0.1, 0.15) is 0 Å². The Balaban J connectivity index is 3.48. The summed E-state index contributed by atoms with van der Waals surface area (Å²) in [6, 6.07) is 0. The van der Waals surface area contributed by atoms with Crippen molar-refractivity contribution in [2.24, 2.45) is 0 Å². The summed E-state index contributed by atoms with van der Waals surface area (Å²) in [6.45, 7) is 4.14. The van der Waals surface area contributed by atoms with Gasteiger partial charge in [0.25, 0.3) is 0 Å². The molecule has 0 spiro atoms. The number of hydrogen-bond donors (Lipinski definition) is 3. The number of rotatable bonds is 3. The highest BCUT2D eigenvalue weighted by Crippen LogP contribution is 2.40. The van der Waals surface area contributed by atoms with Gasteiger partial charge in [0.2, 0.25) is 11.2 Å². The van der Waals surface area contributed by atoms with Crippen LogP contribution < -0.4 is 0 Å². The van der Waals surface area contributed by atoms with Crippen molar-refractivity contribution in [3.8, 4) is 0 Å². The highest BCUT2D eigenvalue weighted by Gasteiger charge is 2.70. The Kier molecular flexibility index (Phi) is 4.35. The summed E-state index contributed by atoms with van der Waals surface area (Å²) in [7, 11) is 0. The van der Waals surface area contributed by atoms with E-state index < -0.39 is 47.2 Å². The van der Waals surface area contributed by atoms with Crippen LogP contribution in [0.15, 0.2) is 0 Å². The maximum atomic E-state index is 11.8. The zero-order valence-corrected chi connectivity index (χ0v) is 11.6. The lowest BCUT2D eigenvalue weighted by Gasteiger charge is -2.51. The number of aliphatic hydroxyl groups is 3. The molecule has 0 aromatic heterocycles. The van der Waals surface area contributed by atoms with Crippen molar-refractivity contribution in [1.82, 2.24) is 0 Å². The second-order valence-corrected chi connectivity index (χ2v) is 4.87. The first-order valence-electron chi connectivity index (χ1n) is 5.97. The second kappa shape index (κ2) is 5.21. The van der Waals surface area contributed by atoms with Gasteiger partial charge in [-0.2, -0.15) is 0 Å². The predicted octanol–water partition coefficient (Wildman–Crippen LogP) is -1.70. The van der Waals surface area contributed by atoms with Crippen molar-refractivity contribution >= 4 is 17.5 Å². The first-order valence-corrected chi connectivity index (χ1v) is 5.97. The summed E-state index contributed by atoms with van der Waals surface area (Å²) in [6.07, 6.45) is -4.87. The second-order valence-electron chi connectivity index (χ2n) is 4.87. The van der Waals surface area contributed by atoms with E-state index in [0.29, 0.717) is 0 Å². The molecule has 1 saturated heterocycles. The van der Waals surface area contributed by atoms with Crippen LogP contribution in [0.5, 0.6) is 0 Å². The molecule has 1 aliphatic heterocycles. The van der Waals surface area contributed by atoms with Crippen molar-refractivity contribution < 1.29 is 39.2 Å². The van der Waals surface area contributed by atoms with E-state index in [4.69, 9.17) is 9.47 Å². The maximum Gasteiger partial charge on any atom is 0.303 e. The Bertz CT molecular complexity index is 447. The average molecular weight is 290 g/mol. The fraction of sp³-hybridized carbons (Fsp3) is 0.750. The van der Waals surface area contributed by atoms with E-state index in [1.54, 1.807) is 0 Å². The molecule has 0 radical (unpaired) electrons. The van der Waals surface area contributed by atoms with Crippen LogP contribution in [0.4, 0.5) is 0 Å². The van der Waals surface area contributed by atoms with Gasteiger partial charge in [-0.1, -0.05) is 0 Å². The van der Waals surface area contributed by atoms with Crippen LogP contribution in [0, 0.1) is 0 Å². The topological polar surface area (TPSA) is 130 Å². The molecule has 0 amide bonds. The van der Waals surface area contributed by atoms with Crippen molar-refractivity contribution in [2.75, 3.05) is 0 Å². The summed E-state index contributed by atoms with van der Waals surface area (Å²) in [5.74, 6) is -2.96. The summed E-state index contributed by atoms with van der Waals surface area (Å²) in [5.41, 5.74) is -5.73. The number of carbonyl (C=O) groups excluding carboxylic acids is 3. The molecule has 1 fully saturated rings. The molecular formula is C12H18O8. The molecule has 8 nitrogen and oxygen atoms in total. The number of Topliss-reactive ketones (excluding diaryl/α,β-unsaturated/α-hetero) is 2. The van der Waals surface area contributed by atoms with Gasteiger partial charge in [-0.25, -0.2) is 0 Å². The number of esters is 1. The first kappa shape index (κ1) is 16.7. The molecule has 1 heterocycles. The molecule has 0 aromatic rings. The largest absolute Gasteiger partial charge is 0.456 e. The highest BCUT2D eigenvalue weighted by molar-refractivity contribution is 5.98. The van der Waals surface area contributed by atoms with E-state index in [2.05, 4.69) is 0 Å². The van der Waals surface area contributed by atoms with E-state index in [-0.39, 0.29) is 0 Å². The van der Waals surface area contributed by atoms with Gasteiger partial charge in [-0.15, -0.1) is 0 Å². The summed E-state index contributed by atoms with van der Waals surface area (Å²) in [5, 5.41) is 30.6. The lowest BCUT2D eigenvalue weighted by atomic mass is 9.70. The number of ether oxygens (including phenoxy) is 2. The van der Waals surface area contributed by atoms with Crippen LogP contribution in [-0.2, 0) is 23.9 Å². The minimum atomic E-state index is -2.93.